The number of hydrogen-bond donors (Lipinski definition) is 0. The molecule has 2 aromatic rings. The highest BCUT2D eigenvalue weighted by molar-refractivity contribution is 5.31. The van der Waals surface area contributed by atoms with E-state index in [4.69, 9.17) is 14.2 Å². The minimum absolute atomic E-state index is 0.208. The molecular weight excluding hydrogens is 480 g/mol. The Morgan fingerprint density at radius 1 is 0.692 bits per heavy atom. The minimum atomic E-state index is -0.334. The molecule has 0 radical (unpaired) electrons. The average Bonchev–Trinajstić information content (AvgIpc) is 2.90. The topological polar surface area (TPSA) is 27.7 Å². The van der Waals surface area contributed by atoms with Crippen LogP contribution in [0.2, 0.25) is 0 Å². The van der Waals surface area contributed by atoms with Crippen molar-refractivity contribution in [1.29, 1.82) is 0 Å². The Morgan fingerprint density at radius 2 is 1.21 bits per heavy atom. The second kappa shape index (κ2) is 19.1. The summed E-state index contributed by atoms with van der Waals surface area (Å²) < 4.78 is 17.7. The molecule has 0 aliphatic heterocycles. The highest BCUT2D eigenvalue weighted by Crippen LogP contribution is 2.43. The fourth-order valence-electron chi connectivity index (χ4n) is 4.71. The lowest BCUT2D eigenvalue weighted by Crippen LogP contribution is -2.24. The zero-order valence-electron chi connectivity index (χ0n) is 27.8. The molecule has 0 fully saturated rings. The molecule has 0 N–H and O–H groups in total. The monoisotopic (exact) mass is 542 g/mol. The normalized spacial score (nSPS) is 13.7. The van der Waals surface area contributed by atoms with Crippen LogP contribution in [-0.2, 0) is 4.74 Å². The maximum Gasteiger partial charge on any atom is 0.197 e. The van der Waals surface area contributed by atoms with Crippen molar-refractivity contribution in [2.24, 2.45) is 10.8 Å². The Bertz CT molecular complexity index is 841. The van der Waals surface area contributed by atoms with Gasteiger partial charge in [0, 0.05) is 0 Å². The summed E-state index contributed by atoms with van der Waals surface area (Å²) in [5.41, 5.74) is 3.26. The molecule has 0 spiro atoms. The van der Waals surface area contributed by atoms with Gasteiger partial charge < -0.3 is 14.2 Å². The molecule has 3 nitrogen and oxygen atoms in total. The van der Waals surface area contributed by atoms with Gasteiger partial charge in [-0.3, -0.25) is 0 Å². The molecule has 0 heterocycles. The number of ether oxygens (including phenoxy) is 3. The molecule has 0 aliphatic rings. The van der Waals surface area contributed by atoms with E-state index in [9.17, 15) is 0 Å². The van der Waals surface area contributed by atoms with E-state index in [1.807, 2.05) is 34.6 Å². The Labute approximate surface area is 243 Å². The van der Waals surface area contributed by atoms with Crippen molar-refractivity contribution >= 4 is 0 Å². The first-order chi connectivity index (χ1) is 18.4. The Balaban J connectivity index is 0.00000344. The molecule has 0 aromatic heterocycles. The van der Waals surface area contributed by atoms with Crippen LogP contribution in [0.3, 0.4) is 0 Å². The predicted molar refractivity (Wildman–Crippen MR) is 171 cm³/mol. The van der Waals surface area contributed by atoms with E-state index in [0.717, 1.165) is 17.9 Å². The largest absolute Gasteiger partial charge is 0.491 e. The van der Waals surface area contributed by atoms with Crippen molar-refractivity contribution in [3.8, 4) is 11.5 Å². The van der Waals surface area contributed by atoms with Gasteiger partial charge in [-0.1, -0.05) is 114 Å². The van der Waals surface area contributed by atoms with Gasteiger partial charge >= 0.3 is 0 Å². The molecule has 0 aliphatic carbocycles. The summed E-state index contributed by atoms with van der Waals surface area (Å²) >= 11 is 0. The average molecular weight is 543 g/mol. The van der Waals surface area contributed by atoms with Crippen molar-refractivity contribution in [2.45, 2.75) is 134 Å². The van der Waals surface area contributed by atoms with Crippen LogP contribution in [0.5, 0.6) is 11.5 Å². The molecule has 0 saturated heterocycles. The molecule has 2 aromatic carbocycles. The summed E-state index contributed by atoms with van der Waals surface area (Å²) in [6.45, 7) is 29.3. The maximum atomic E-state index is 5.99. The molecule has 3 unspecified atom stereocenters. The van der Waals surface area contributed by atoms with Crippen LogP contribution in [0, 0.1) is 10.8 Å². The highest BCUT2D eigenvalue weighted by atomic mass is 16.7. The summed E-state index contributed by atoms with van der Waals surface area (Å²) in [6, 6.07) is 17.1. The first kappa shape index (κ1) is 37.0. The van der Waals surface area contributed by atoms with Gasteiger partial charge in [0.25, 0.3) is 0 Å². The van der Waals surface area contributed by atoms with E-state index in [1.54, 1.807) is 0 Å². The zero-order valence-corrected chi connectivity index (χ0v) is 27.8. The van der Waals surface area contributed by atoms with Crippen LogP contribution in [0.25, 0.3) is 0 Å². The van der Waals surface area contributed by atoms with E-state index in [1.165, 1.54) is 30.4 Å². The third-order valence-corrected chi connectivity index (χ3v) is 6.63. The lowest BCUT2D eigenvalue weighted by atomic mass is 9.69. The number of hydrogen-bond acceptors (Lipinski definition) is 3. The van der Waals surface area contributed by atoms with E-state index >= 15 is 0 Å². The summed E-state index contributed by atoms with van der Waals surface area (Å²) in [4.78, 5) is 0. The van der Waals surface area contributed by atoms with Gasteiger partial charge in [-0.25, -0.2) is 0 Å². The van der Waals surface area contributed by atoms with Crippen LogP contribution in [0.1, 0.15) is 139 Å². The van der Waals surface area contributed by atoms with Crippen molar-refractivity contribution in [3.63, 3.8) is 0 Å². The van der Waals surface area contributed by atoms with Gasteiger partial charge in [-0.05, 0) is 84.2 Å². The van der Waals surface area contributed by atoms with Gasteiger partial charge in [0.15, 0.2) is 6.29 Å². The van der Waals surface area contributed by atoms with Crippen LogP contribution >= 0.6 is 0 Å². The van der Waals surface area contributed by atoms with E-state index < -0.39 is 0 Å². The summed E-state index contributed by atoms with van der Waals surface area (Å²) in [7, 11) is 0. The van der Waals surface area contributed by atoms with Gasteiger partial charge in [-0.2, -0.15) is 0 Å². The van der Waals surface area contributed by atoms with Crippen LogP contribution in [-0.4, -0.2) is 19.5 Å². The van der Waals surface area contributed by atoms with Crippen molar-refractivity contribution < 1.29 is 14.2 Å². The third-order valence-electron chi connectivity index (χ3n) is 6.63. The second-order valence-electron chi connectivity index (χ2n) is 12.1. The lowest BCUT2D eigenvalue weighted by molar-refractivity contribution is -0.0739. The van der Waals surface area contributed by atoms with E-state index in [-0.39, 0.29) is 17.1 Å². The van der Waals surface area contributed by atoms with E-state index in [2.05, 4.69) is 104 Å². The quantitative estimate of drug-likeness (QED) is 0.186. The number of rotatable bonds is 13. The molecule has 3 heteroatoms. The second-order valence-corrected chi connectivity index (χ2v) is 12.1. The minimum Gasteiger partial charge on any atom is -0.491 e. The molecule has 0 saturated carbocycles. The Morgan fingerprint density at radius 3 is 1.67 bits per heavy atom. The van der Waals surface area contributed by atoms with Gasteiger partial charge in [0.2, 0.25) is 0 Å². The van der Waals surface area contributed by atoms with Crippen molar-refractivity contribution in [1.82, 2.24) is 0 Å². The predicted octanol–water partition coefficient (Wildman–Crippen LogP) is 11.4. The standard InChI is InChI=1S/C32H50O3.2C2H6/c1-10-12-25(11-2)26-13-17-28(18-14-26)34-22-21-33-24(3)35-29-19-15-27(16-20-29)30(32(7,8)9)23-31(4,5)6;2*1-2/h13-20,24-25,30H,10-12,21-23H2,1-9H3;2*1-2H3. The first-order valence-electron chi connectivity index (χ1n) is 15.5. The third kappa shape index (κ3) is 14.8. The van der Waals surface area contributed by atoms with Crippen LogP contribution < -0.4 is 9.47 Å². The molecule has 39 heavy (non-hydrogen) atoms. The lowest BCUT2D eigenvalue weighted by Gasteiger charge is -2.36. The summed E-state index contributed by atoms with van der Waals surface area (Å²) in [5.74, 6) is 2.86. The number of benzene rings is 2. The molecule has 0 amide bonds. The SMILES string of the molecule is CC.CC.CCCC(CC)c1ccc(OCCOC(C)Oc2ccc(C(CC(C)(C)C)C(C)(C)C)cc2)cc1. The smallest absolute Gasteiger partial charge is 0.197 e. The molecular formula is C36H62O3. The maximum absolute atomic E-state index is 5.99. The highest BCUT2D eigenvalue weighted by Gasteiger charge is 2.30. The van der Waals surface area contributed by atoms with Crippen molar-refractivity contribution in [3.05, 3.63) is 59.7 Å². The van der Waals surface area contributed by atoms with Gasteiger partial charge in [-0.15, -0.1) is 0 Å². The first-order valence-corrected chi connectivity index (χ1v) is 15.5. The summed E-state index contributed by atoms with van der Waals surface area (Å²) in [5, 5.41) is 0. The van der Waals surface area contributed by atoms with Gasteiger partial charge in [0.05, 0.1) is 6.61 Å². The fraction of sp³-hybridized carbons (Fsp3) is 0.667. The van der Waals surface area contributed by atoms with Crippen LogP contribution in [0.15, 0.2) is 48.5 Å². The molecule has 2 rings (SSSR count). The van der Waals surface area contributed by atoms with Gasteiger partial charge in [0.1, 0.15) is 18.1 Å². The molecule has 0 bridgehead atoms. The molecule has 3 atom stereocenters. The van der Waals surface area contributed by atoms with Crippen LogP contribution in [0.4, 0.5) is 0 Å². The Kier molecular flexibility index (Phi) is 18.2. The Hall–Kier alpha value is -2.00. The van der Waals surface area contributed by atoms with E-state index in [0.29, 0.717) is 25.0 Å². The molecule has 224 valence electrons. The zero-order chi connectivity index (χ0) is 30.1. The van der Waals surface area contributed by atoms with Crippen molar-refractivity contribution in [2.75, 3.05) is 13.2 Å². The fourth-order valence-corrected chi connectivity index (χ4v) is 4.71. The summed E-state index contributed by atoms with van der Waals surface area (Å²) in [6.07, 6.45) is 4.44.